The Bertz CT molecular complexity index is 52.8. The number of carbonyl (C=O) groups is 1. The number of aliphatic carboxylic acids is 1. The molecule has 0 aliphatic rings. The molecule has 0 amide bonds. The Balaban J connectivity index is 2.83. The maximum absolute atomic E-state index is 9.39. The van der Waals surface area contributed by atoms with Gasteiger partial charge in [-0.3, -0.25) is 4.84 Å². The molecule has 3 N–H and O–H groups in total. The fraction of sp³-hybridized carbons (Fsp3) is 0.500. The molecular formula is C2H5NO3. The zero-order chi connectivity index (χ0) is 4.99. The predicted octanol–water partition coefficient (Wildman–Crippen LogP) is -1.04. The van der Waals surface area contributed by atoms with E-state index in [1.54, 1.807) is 0 Å². The molecule has 0 unspecified atom stereocenters. The molecule has 0 rings (SSSR count). The van der Waals surface area contributed by atoms with Crippen LogP contribution in [0.15, 0.2) is 0 Å². The topological polar surface area (TPSA) is 72.5 Å². The summed E-state index contributed by atoms with van der Waals surface area (Å²) < 4.78 is 0. The summed E-state index contributed by atoms with van der Waals surface area (Å²) in [7, 11) is 0. The van der Waals surface area contributed by atoms with Crippen LogP contribution in [0, 0.1) is 0 Å². The molecule has 0 radical (unpaired) electrons. The fourth-order valence-electron chi connectivity index (χ4n) is 0.0713. The zero-order valence-corrected chi connectivity index (χ0v) is 3.05. The van der Waals surface area contributed by atoms with Crippen LogP contribution in [0.3, 0.4) is 0 Å². The van der Waals surface area contributed by atoms with E-state index in [0.29, 0.717) is 0 Å². The first-order valence-electron chi connectivity index (χ1n) is 1.31. The average molecular weight is 93.1 g/mol. The number of hydrogen-bond donors (Lipinski definition) is 2. The van der Waals surface area contributed by atoms with Gasteiger partial charge >= 0.3 is 5.97 Å². The smallest absolute Gasteiger partial charge is 0.331 e. The van der Waals surface area contributed by atoms with Gasteiger partial charge in [-0.2, -0.15) is 0 Å². The molecule has 0 atom stereocenters. The van der Waals surface area contributed by atoms with E-state index in [-0.39, 0.29) is 0 Å². The van der Waals surface area contributed by atoms with Gasteiger partial charge in [0.2, 0.25) is 0 Å². The highest BCUT2D eigenvalue weighted by atomic mass is 16.7. The number of rotatable bonds is 2. The van der Waals surface area contributed by atoms with Crippen LogP contribution in [-0.2, 0) is 9.63 Å². The summed E-state index contributed by atoms with van der Waals surface area (Å²) in [4.78, 5) is 13.1. The third-order valence-corrected chi connectivity index (χ3v) is 0.207. The van der Waals surface area contributed by atoms with Crippen molar-refractivity contribution < 1.29 is 14.7 Å². The Labute approximate surface area is 34.5 Å². The molecule has 6 heavy (non-hydrogen) atoms. The Hall–Kier alpha value is -0.610. The third-order valence-electron chi connectivity index (χ3n) is 0.207. The number of nitrogens with two attached hydrogens (primary N) is 1. The molecule has 0 saturated carbocycles. The minimum atomic E-state index is -1.06. The largest absolute Gasteiger partial charge is 0.479 e. The predicted molar refractivity (Wildman–Crippen MR) is 17.8 cm³/mol. The Morgan fingerprint density at radius 2 is 2.50 bits per heavy atom. The molecule has 36 valence electrons. The van der Waals surface area contributed by atoms with Crippen LogP contribution in [0.25, 0.3) is 0 Å². The first-order valence-corrected chi connectivity index (χ1v) is 1.31. The van der Waals surface area contributed by atoms with Crippen LogP contribution >= 0.6 is 0 Å². The van der Waals surface area contributed by atoms with E-state index in [9.17, 15) is 4.79 Å². The van der Waals surface area contributed by atoms with Crippen molar-refractivity contribution in [1.29, 1.82) is 0 Å². The van der Waals surface area contributed by atoms with E-state index in [2.05, 4.69) is 10.7 Å². The van der Waals surface area contributed by atoms with E-state index in [0.717, 1.165) is 0 Å². The first kappa shape index (κ1) is 5.39. The molecule has 0 fully saturated rings. The van der Waals surface area contributed by atoms with Crippen LogP contribution < -0.4 is 5.90 Å². The summed E-state index contributed by atoms with van der Waals surface area (Å²) >= 11 is 0. The van der Waals surface area contributed by atoms with Gasteiger partial charge in [0, 0.05) is 0 Å². The summed E-state index contributed by atoms with van der Waals surface area (Å²) in [6, 6.07) is 0. The maximum atomic E-state index is 9.39. The highest BCUT2D eigenvalue weighted by Gasteiger charge is 1.88. The first-order chi connectivity index (χ1) is 2.77. The molecule has 0 bridgehead atoms. The van der Waals surface area contributed by atoms with Gasteiger partial charge in [0.15, 0.2) is 6.61 Å². The molecule has 0 aromatic heterocycles. The summed E-state index contributed by atoms with van der Waals surface area (Å²) in [6.07, 6.45) is 0. The molecule has 0 heterocycles. The van der Waals surface area contributed by atoms with Crippen LogP contribution in [0.5, 0.6) is 0 Å². The maximum Gasteiger partial charge on any atom is 0.331 e. The lowest BCUT2D eigenvalue weighted by molar-refractivity contribution is -0.142. The van der Waals surface area contributed by atoms with E-state index in [4.69, 9.17) is 5.11 Å². The number of carboxylic acids is 1. The third kappa shape index (κ3) is 3.39. The lowest BCUT2D eigenvalue weighted by atomic mass is 11.3. The lowest BCUT2D eigenvalue weighted by Gasteiger charge is -1.83. The number of hydrogen-bond acceptors (Lipinski definition) is 3. The van der Waals surface area contributed by atoms with Gasteiger partial charge in [0.05, 0.1) is 0 Å². The molecule has 0 aromatic carbocycles. The van der Waals surface area contributed by atoms with Crippen molar-refractivity contribution in [3.63, 3.8) is 0 Å². The van der Waals surface area contributed by atoms with Crippen molar-refractivity contribution in [2.45, 2.75) is 0 Å². The molecule has 0 saturated heterocycles. The quantitative estimate of drug-likeness (QED) is 0.428. The molecule has 0 spiro atoms. The van der Waals surface area contributed by atoms with Crippen LogP contribution in [0.1, 0.15) is 0 Å². The van der Waals surface area contributed by atoms with Gasteiger partial charge in [-0.1, -0.05) is 0 Å². The van der Waals surface area contributed by atoms with Gasteiger partial charge in [0.1, 0.15) is 0 Å². The second kappa shape index (κ2) is 2.62. The molecule has 0 aliphatic heterocycles. The number of carboxylic acid groups (broad SMARTS) is 1. The second-order valence-corrected chi connectivity index (χ2v) is 0.705. The Morgan fingerprint density at radius 3 is 2.50 bits per heavy atom. The minimum absolute atomic E-state index is 0.431. The van der Waals surface area contributed by atoms with E-state index >= 15 is 0 Å². The van der Waals surface area contributed by atoms with Gasteiger partial charge in [0.25, 0.3) is 0 Å². The van der Waals surface area contributed by atoms with Gasteiger partial charge in [-0.05, 0) is 0 Å². The normalized spacial score (nSPS) is 8.17. The second-order valence-electron chi connectivity index (χ2n) is 0.705. The molecule has 4 heteroatoms. The van der Waals surface area contributed by atoms with E-state index < -0.39 is 12.6 Å². The van der Waals surface area contributed by atoms with Gasteiger partial charge in [-0.25, -0.2) is 10.7 Å². The molecule has 0 aromatic rings. The lowest BCUT2D eigenvalue weighted by Crippen LogP contribution is -2.10. The highest BCUT2D eigenvalue weighted by molar-refractivity contribution is 5.67. The van der Waals surface area contributed by atoms with E-state index in [1.165, 1.54) is 0 Å². The van der Waals surface area contributed by atoms with Gasteiger partial charge < -0.3 is 5.11 Å². The monoisotopic (exact) mass is 93.0 g/mol. The van der Waals surface area contributed by atoms with Crippen molar-refractivity contribution in [3.05, 3.63) is 0 Å². The summed E-state index contributed by atoms with van der Waals surface area (Å²) in [5, 5.41) is 7.71. The summed E-state index contributed by atoms with van der Waals surface area (Å²) in [5.41, 5.74) is 0. The van der Waals surface area contributed by atoms with Crippen molar-refractivity contribution in [2.75, 3.05) is 6.61 Å². The SMILES string of the molecule is NOC[14C](=O)O. The van der Waals surface area contributed by atoms with Crippen molar-refractivity contribution in [2.24, 2.45) is 5.90 Å². The van der Waals surface area contributed by atoms with Crippen LogP contribution in [0.2, 0.25) is 0 Å². The highest BCUT2D eigenvalue weighted by Crippen LogP contribution is 1.57. The summed E-state index contributed by atoms with van der Waals surface area (Å²) in [5.74, 6) is 3.29. The van der Waals surface area contributed by atoms with Gasteiger partial charge in [-0.15, -0.1) is 0 Å². The van der Waals surface area contributed by atoms with Crippen LogP contribution in [-0.4, -0.2) is 17.7 Å². The molecule has 4 nitrogen and oxygen atoms in total. The van der Waals surface area contributed by atoms with E-state index in [1.807, 2.05) is 0 Å². The van der Waals surface area contributed by atoms with Crippen molar-refractivity contribution >= 4 is 5.97 Å². The standard InChI is InChI=1S/C2H5NO3/c3-6-1-2(4)5/h1,3H2,(H,4,5)/i2+2. The van der Waals surface area contributed by atoms with Crippen LogP contribution in [0.4, 0.5) is 0 Å². The molecular weight excluding hydrogens is 88.0 g/mol. The minimum Gasteiger partial charge on any atom is -0.479 e. The Kier molecular flexibility index (Phi) is 2.35. The summed E-state index contributed by atoms with van der Waals surface area (Å²) in [6.45, 7) is -0.431. The average Bonchev–Trinajstić information content (AvgIpc) is 1.35. The van der Waals surface area contributed by atoms with Crippen molar-refractivity contribution in [3.8, 4) is 0 Å². The Morgan fingerprint density at radius 1 is 2.00 bits per heavy atom. The molecule has 0 aliphatic carbocycles. The fourth-order valence-corrected chi connectivity index (χ4v) is 0.0713. The zero-order valence-electron chi connectivity index (χ0n) is 3.05. The van der Waals surface area contributed by atoms with Crippen molar-refractivity contribution in [1.82, 2.24) is 0 Å².